The average Bonchev–Trinajstić information content (AvgIpc) is 2.88. The average molecular weight is 258 g/mol. The van der Waals surface area contributed by atoms with Gasteiger partial charge in [-0.1, -0.05) is 54.6 Å². The summed E-state index contributed by atoms with van der Waals surface area (Å²) in [7, 11) is 0. The van der Waals surface area contributed by atoms with Crippen LogP contribution in [0.15, 0.2) is 71.1 Å². The maximum Gasteiger partial charge on any atom is 0.138 e. The van der Waals surface area contributed by atoms with E-state index in [1.165, 1.54) is 27.5 Å². The van der Waals surface area contributed by atoms with Crippen molar-refractivity contribution in [3.8, 4) is 11.1 Å². The van der Waals surface area contributed by atoms with Gasteiger partial charge in [-0.3, -0.25) is 0 Å². The topological polar surface area (TPSA) is 13.1 Å². The van der Waals surface area contributed by atoms with Crippen LogP contribution in [0, 0.1) is 6.92 Å². The molecule has 96 valence electrons. The van der Waals surface area contributed by atoms with Gasteiger partial charge < -0.3 is 4.42 Å². The third-order valence-electron chi connectivity index (χ3n) is 3.88. The zero-order valence-electron chi connectivity index (χ0n) is 11.3. The highest BCUT2D eigenvalue weighted by molar-refractivity contribution is 6.07. The van der Waals surface area contributed by atoms with Gasteiger partial charge in [-0.25, -0.2) is 0 Å². The molecule has 0 saturated carbocycles. The van der Waals surface area contributed by atoms with Crippen molar-refractivity contribution in [1.82, 2.24) is 0 Å². The Kier molecular flexibility index (Phi) is 2.40. The highest BCUT2D eigenvalue weighted by Gasteiger charge is 2.12. The number of hydrogen-bond donors (Lipinski definition) is 0. The lowest BCUT2D eigenvalue weighted by Crippen LogP contribution is -1.83. The third-order valence-corrected chi connectivity index (χ3v) is 3.88. The van der Waals surface area contributed by atoms with Gasteiger partial charge in [0, 0.05) is 16.3 Å². The van der Waals surface area contributed by atoms with Gasteiger partial charge in [0.05, 0.1) is 0 Å². The Morgan fingerprint density at radius 3 is 2.30 bits per heavy atom. The maximum atomic E-state index is 6.05. The Balaban J connectivity index is 2.07. The van der Waals surface area contributed by atoms with E-state index < -0.39 is 0 Å². The smallest absolute Gasteiger partial charge is 0.138 e. The van der Waals surface area contributed by atoms with E-state index in [1.807, 2.05) is 18.2 Å². The predicted molar refractivity (Wildman–Crippen MR) is 83.9 cm³/mol. The van der Waals surface area contributed by atoms with Crippen LogP contribution in [-0.2, 0) is 0 Å². The zero-order valence-corrected chi connectivity index (χ0v) is 11.3. The first-order valence-corrected chi connectivity index (χ1v) is 6.81. The first kappa shape index (κ1) is 11.3. The van der Waals surface area contributed by atoms with Gasteiger partial charge in [0.2, 0.25) is 0 Å². The van der Waals surface area contributed by atoms with Crippen LogP contribution in [0.2, 0.25) is 0 Å². The molecule has 3 aromatic carbocycles. The van der Waals surface area contributed by atoms with Crippen LogP contribution in [0.3, 0.4) is 0 Å². The standard InChI is InChI=1S/C19H14O/c1-13-15(14-7-3-2-4-8-14)11-12-17-16-9-5-6-10-18(16)20-19(13)17/h2-12H,1H3. The van der Waals surface area contributed by atoms with Crippen LogP contribution in [-0.4, -0.2) is 0 Å². The molecular weight excluding hydrogens is 244 g/mol. The van der Waals surface area contributed by atoms with Gasteiger partial charge >= 0.3 is 0 Å². The molecule has 0 atom stereocenters. The van der Waals surface area contributed by atoms with Gasteiger partial charge in [0.1, 0.15) is 11.2 Å². The quantitative estimate of drug-likeness (QED) is 0.435. The van der Waals surface area contributed by atoms with E-state index in [4.69, 9.17) is 4.42 Å². The SMILES string of the molecule is Cc1c(-c2ccccc2)ccc2c1oc1ccccc12. The highest BCUT2D eigenvalue weighted by atomic mass is 16.3. The third kappa shape index (κ3) is 1.56. The van der Waals surface area contributed by atoms with Crippen molar-refractivity contribution in [1.29, 1.82) is 0 Å². The fourth-order valence-electron chi connectivity index (χ4n) is 2.85. The summed E-state index contributed by atoms with van der Waals surface area (Å²) in [6, 6.07) is 23.0. The molecule has 0 aliphatic rings. The molecule has 1 aromatic heterocycles. The molecule has 0 fully saturated rings. The Bertz CT molecular complexity index is 901. The minimum absolute atomic E-state index is 0.954. The first-order valence-electron chi connectivity index (χ1n) is 6.81. The van der Waals surface area contributed by atoms with E-state index in [0.29, 0.717) is 0 Å². The molecule has 0 aliphatic heterocycles. The lowest BCUT2D eigenvalue weighted by Gasteiger charge is -2.06. The van der Waals surface area contributed by atoms with E-state index in [2.05, 4.69) is 55.5 Å². The zero-order chi connectivity index (χ0) is 13.5. The minimum Gasteiger partial charge on any atom is -0.456 e. The van der Waals surface area contributed by atoms with E-state index in [1.54, 1.807) is 0 Å². The van der Waals surface area contributed by atoms with E-state index in [-0.39, 0.29) is 0 Å². The molecule has 1 heteroatoms. The van der Waals surface area contributed by atoms with E-state index in [0.717, 1.165) is 11.2 Å². The molecule has 20 heavy (non-hydrogen) atoms. The van der Waals surface area contributed by atoms with Crippen LogP contribution in [0.25, 0.3) is 33.1 Å². The van der Waals surface area contributed by atoms with Gasteiger partial charge in [-0.2, -0.15) is 0 Å². The van der Waals surface area contributed by atoms with Gasteiger partial charge in [-0.15, -0.1) is 0 Å². The highest BCUT2D eigenvalue weighted by Crippen LogP contribution is 2.35. The maximum absolute atomic E-state index is 6.05. The molecule has 0 bridgehead atoms. The molecule has 1 nitrogen and oxygen atoms in total. The lowest BCUT2D eigenvalue weighted by atomic mass is 9.98. The van der Waals surface area contributed by atoms with E-state index in [9.17, 15) is 0 Å². The van der Waals surface area contributed by atoms with Crippen molar-refractivity contribution in [3.05, 3.63) is 72.3 Å². The molecule has 0 radical (unpaired) electrons. The molecule has 0 saturated heterocycles. The predicted octanol–water partition coefficient (Wildman–Crippen LogP) is 5.56. The Hall–Kier alpha value is -2.54. The summed E-state index contributed by atoms with van der Waals surface area (Å²) in [6.07, 6.45) is 0. The molecule has 0 unspecified atom stereocenters. The fraction of sp³-hybridized carbons (Fsp3) is 0.0526. The van der Waals surface area contributed by atoms with Crippen molar-refractivity contribution in [2.45, 2.75) is 6.92 Å². The second kappa shape index (κ2) is 4.24. The minimum atomic E-state index is 0.954. The van der Waals surface area contributed by atoms with Crippen LogP contribution >= 0.6 is 0 Å². The molecule has 4 rings (SSSR count). The second-order valence-electron chi connectivity index (χ2n) is 5.08. The number of para-hydroxylation sites is 1. The van der Waals surface area contributed by atoms with Crippen molar-refractivity contribution >= 4 is 21.9 Å². The Morgan fingerprint density at radius 2 is 1.45 bits per heavy atom. The summed E-state index contributed by atoms with van der Waals surface area (Å²) in [5.74, 6) is 0. The summed E-state index contributed by atoms with van der Waals surface area (Å²) >= 11 is 0. The first-order chi connectivity index (χ1) is 9.84. The van der Waals surface area contributed by atoms with Crippen LogP contribution in [0.5, 0.6) is 0 Å². The lowest BCUT2D eigenvalue weighted by molar-refractivity contribution is 0.666. The fourth-order valence-corrected chi connectivity index (χ4v) is 2.85. The summed E-state index contributed by atoms with van der Waals surface area (Å²) in [5, 5.41) is 2.38. The van der Waals surface area contributed by atoms with E-state index >= 15 is 0 Å². The van der Waals surface area contributed by atoms with Crippen molar-refractivity contribution in [3.63, 3.8) is 0 Å². The Labute approximate surface area is 117 Å². The number of rotatable bonds is 1. The molecular formula is C19H14O. The number of furan rings is 1. The number of hydrogen-bond acceptors (Lipinski definition) is 1. The molecule has 0 aliphatic carbocycles. The Morgan fingerprint density at radius 1 is 0.700 bits per heavy atom. The largest absolute Gasteiger partial charge is 0.456 e. The molecule has 0 amide bonds. The van der Waals surface area contributed by atoms with Crippen LogP contribution in [0.4, 0.5) is 0 Å². The molecule has 0 spiro atoms. The second-order valence-corrected chi connectivity index (χ2v) is 5.08. The number of aryl methyl sites for hydroxylation is 1. The van der Waals surface area contributed by atoms with Gasteiger partial charge in [0.15, 0.2) is 0 Å². The molecule has 1 heterocycles. The summed E-state index contributed by atoms with van der Waals surface area (Å²) in [5.41, 5.74) is 5.61. The number of fused-ring (bicyclic) bond motifs is 3. The van der Waals surface area contributed by atoms with Gasteiger partial charge in [0.25, 0.3) is 0 Å². The number of benzene rings is 3. The summed E-state index contributed by atoms with van der Waals surface area (Å²) in [6.45, 7) is 2.13. The normalized spacial score (nSPS) is 11.2. The van der Waals surface area contributed by atoms with Crippen molar-refractivity contribution in [2.24, 2.45) is 0 Å². The van der Waals surface area contributed by atoms with Crippen LogP contribution in [0.1, 0.15) is 5.56 Å². The molecule has 0 N–H and O–H groups in total. The van der Waals surface area contributed by atoms with Gasteiger partial charge in [-0.05, 0) is 30.2 Å². The molecule has 4 aromatic rings. The van der Waals surface area contributed by atoms with Crippen molar-refractivity contribution in [2.75, 3.05) is 0 Å². The monoisotopic (exact) mass is 258 g/mol. The van der Waals surface area contributed by atoms with Crippen molar-refractivity contribution < 1.29 is 4.42 Å². The summed E-state index contributed by atoms with van der Waals surface area (Å²) < 4.78 is 6.05. The summed E-state index contributed by atoms with van der Waals surface area (Å²) in [4.78, 5) is 0. The van der Waals surface area contributed by atoms with Crippen LogP contribution < -0.4 is 0 Å².